The van der Waals surface area contributed by atoms with Crippen LogP contribution in [0.3, 0.4) is 0 Å². The molecule has 1 aliphatic heterocycles. The predicted octanol–water partition coefficient (Wildman–Crippen LogP) is 2.34. The van der Waals surface area contributed by atoms with Gasteiger partial charge in [0, 0.05) is 25.7 Å². The van der Waals surface area contributed by atoms with Crippen LogP contribution in [0.5, 0.6) is 0 Å². The third kappa shape index (κ3) is 4.84. The Morgan fingerprint density at radius 2 is 1.93 bits per heavy atom. The molecule has 2 nitrogen and oxygen atoms in total. The van der Waals surface area contributed by atoms with Crippen LogP contribution >= 0.6 is 0 Å². The topological polar surface area (TPSA) is 21.3 Å². The first-order valence-corrected chi connectivity index (χ1v) is 5.34. The molecule has 1 unspecified atom stereocenters. The number of halogens is 3. The molecule has 0 saturated carbocycles. The largest absolute Gasteiger partial charge is 0.389 e. The van der Waals surface area contributed by atoms with Gasteiger partial charge in [0.2, 0.25) is 0 Å². The summed E-state index contributed by atoms with van der Waals surface area (Å²) >= 11 is 0. The Morgan fingerprint density at radius 3 is 2.40 bits per heavy atom. The zero-order valence-corrected chi connectivity index (χ0v) is 8.94. The van der Waals surface area contributed by atoms with Crippen LogP contribution in [-0.2, 0) is 4.74 Å². The maximum Gasteiger partial charge on any atom is 0.389 e. The highest BCUT2D eigenvalue weighted by Gasteiger charge is 2.30. The molecule has 1 saturated heterocycles. The number of hydrogen-bond donors (Lipinski definition) is 1. The van der Waals surface area contributed by atoms with Crippen molar-refractivity contribution in [2.45, 2.75) is 37.9 Å². The zero-order chi connectivity index (χ0) is 11.3. The second kappa shape index (κ2) is 5.70. The van der Waals surface area contributed by atoms with Crippen molar-refractivity contribution in [3.63, 3.8) is 0 Å². The molecule has 0 aromatic heterocycles. The Morgan fingerprint density at radius 1 is 1.33 bits per heavy atom. The fourth-order valence-electron chi connectivity index (χ4n) is 2.05. The molecule has 1 atom stereocenters. The van der Waals surface area contributed by atoms with E-state index in [0.717, 1.165) is 12.8 Å². The van der Waals surface area contributed by atoms with E-state index >= 15 is 0 Å². The summed E-state index contributed by atoms with van der Waals surface area (Å²) in [6.07, 6.45) is -2.84. The third-order valence-electron chi connectivity index (χ3n) is 2.94. The van der Waals surface area contributed by atoms with Gasteiger partial charge in [-0.15, -0.1) is 0 Å². The monoisotopic (exact) mass is 225 g/mol. The number of ether oxygens (including phenoxy) is 1. The van der Waals surface area contributed by atoms with Gasteiger partial charge in [0.15, 0.2) is 0 Å². The van der Waals surface area contributed by atoms with Crippen LogP contribution in [0.4, 0.5) is 13.2 Å². The molecule has 15 heavy (non-hydrogen) atoms. The second-order valence-electron chi connectivity index (χ2n) is 4.00. The Kier molecular flexibility index (Phi) is 4.86. The first kappa shape index (κ1) is 12.8. The van der Waals surface area contributed by atoms with Gasteiger partial charge in [0.25, 0.3) is 0 Å². The van der Waals surface area contributed by atoms with E-state index < -0.39 is 12.6 Å². The molecular weight excluding hydrogens is 207 g/mol. The average Bonchev–Trinajstić information content (AvgIpc) is 2.19. The Balaban J connectivity index is 2.34. The molecule has 5 heteroatoms. The Bertz CT molecular complexity index is 178. The molecule has 0 amide bonds. The lowest BCUT2D eigenvalue weighted by Crippen LogP contribution is -2.37. The normalized spacial score (nSPS) is 21.6. The SMILES string of the molecule is CNC(CCC(F)(F)F)C1CCOCC1. The smallest absolute Gasteiger partial charge is 0.381 e. The summed E-state index contributed by atoms with van der Waals surface area (Å²) < 4.78 is 41.4. The van der Waals surface area contributed by atoms with Gasteiger partial charge >= 0.3 is 6.18 Å². The molecule has 1 rings (SSSR count). The molecular formula is C10H18F3NO. The van der Waals surface area contributed by atoms with E-state index in [1.807, 2.05) is 0 Å². The Hall–Kier alpha value is -0.290. The third-order valence-corrected chi connectivity index (χ3v) is 2.94. The van der Waals surface area contributed by atoms with Crippen LogP contribution in [0.15, 0.2) is 0 Å². The molecule has 0 aromatic rings. The maximum absolute atomic E-state index is 12.1. The average molecular weight is 225 g/mol. The van der Waals surface area contributed by atoms with Gasteiger partial charge in [0.05, 0.1) is 0 Å². The molecule has 90 valence electrons. The molecule has 1 heterocycles. The predicted molar refractivity (Wildman–Crippen MR) is 51.7 cm³/mol. The van der Waals surface area contributed by atoms with Crippen molar-refractivity contribution < 1.29 is 17.9 Å². The highest BCUT2D eigenvalue weighted by atomic mass is 19.4. The molecule has 1 fully saturated rings. The van der Waals surface area contributed by atoms with E-state index in [9.17, 15) is 13.2 Å². The van der Waals surface area contributed by atoms with Crippen LogP contribution in [0.1, 0.15) is 25.7 Å². The first-order chi connectivity index (χ1) is 7.03. The van der Waals surface area contributed by atoms with E-state index in [2.05, 4.69) is 5.32 Å². The minimum absolute atomic E-state index is 0.0319. The standard InChI is InChI=1S/C10H18F3NO/c1-14-9(2-5-10(11,12)13)8-3-6-15-7-4-8/h8-9,14H,2-7H2,1H3. The zero-order valence-electron chi connectivity index (χ0n) is 8.94. The van der Waals surface area contributed by atoms with Gasteiger partial charge in [-0.2, -0.15) is 13.2 Å². The van der Waals surface area contributed by atoms with Gasteiger partial charge in [-0.3, -0.25) is 0 Å². The van der Waals surface area contributed by atoms with Gasteiger partial charge in [0.1, 0.15) is 0 Å². The maximum atomic E-state index is 12.1. The van der Waals surface area contributed by atoms with E-state index in [4.69, 9.17) is 4.74 Å². The summed E-state index contributed by atoms with van der Waals surface area (Å²) in [5.41, 5.74) is 0. The number of hydrogen-bond acceptors (Lipinski definition) is 2. The summed E-state index contributed by atoms with van der Waals surface area (Å²) in [4.78, 5) is 0. The minimum Gasteiger partial charge on any atom is -0.381 e. The van der Waals surface area contributed by atoms with Crippen molar-refractivity contribution in [1.29, 1.82) is 0 Å². The number of nitrogens with one attached hydrogen (secondary N) is 1. The van der Waals surface area contributed by atoms with Gasteiger partial charge < -0.3 is 10.1 Å². The van der Waals surface area contributed by atoms with E-state index in [0.29, 0.717) is 19.1 Å². The molecule has 0 aromatic carbocycles. The van der Waals surface area contributed by atoms with E-state index in [1.165, 1.54) is 0 Å². The van der Waals surface area contributed by atoms with Crippen molar-refractivity contribution in [2.24, 2.45) is 5.92 Å². The number of rotatable bonds is 4. The van der Waals surface area contributed by atoms with Gasteiger partial charge in [-0.25, -0.2) is 0 Å². The fraction of sp³-hybridized carbons (Fsp3) is 1.00. The fourth-order valence-corrected chi connectivity index (χ4v) is 2.05. The summed E-state index contributed by atoms with van der Waals surface area (Å²) in [6, 6.07) is -0.0319. The summed E-state index contributed by atoms with van der Waals surface area (Å²) in [6.45, 7) is 1.35. The quantitative estimate of drug-likeness (QED) is 0.793. The molecule has 0 radical (unpaired) electrons. The van der Waals surface area contributed by atoms with Crippen LogP contribution in [-0.4, -0.2) is 32.5 Å². The second-order valence-corrected chi connectivity index (χ2v) is 4.00. The summed E-state index contributed by atoms with van der Waals surface area (Å²) in [5, 5.41) is 2.99. The van der Waals surface area contributed by atoms with Crippen LogP contribution in [0, 0.1) is 5.92 Å². The highest BCUT2D eigenvalue weighted by Crippen LogP contribution is 2.27. The van der Waals surface area contributed by atoms with Crippen LogP contribution in [0.25, 0.3) is 0 Å². The van der Waals surface area contributed by atoms with Crippen molar-refractivity contribution in [1.82, 2.24) is 5.32 Å². The lowest BCUT2D eigenvalue weighted by molar-refractivity contribution is -0.137. The molecule has 1 aliphatic rings. The molecule has 1 N–H and O–H groups in total. The van der Waals surface area contributed by atoms with Crippen molar-refractivity contribution >= 4 is 0 Å². The highest BCUT2D eigenvalue weighted by molar-refractivity contribution is 4.78. The summed E-state index contributed by atoms with van der Waals surface area (Å²) in [5.74, 6) is 0.325. The Labute approximate surface area is 88.2 Å². The van der Waals surface area contributed by atoms with Gasteiger partial charge in [-0.05, 0) is 32.2 Å². The minimum atomic E-state index is -4.04. The molecule has 0 aliphatic carbocycles. The van der Waals surface area contributed by atoms with E-state index in [1.54, 1.807) is 7.05 Å². The molecule has 0 bridgehead atoms. The van der Waals surface area contributed by atoms with Crippen molar-refractivity contribution in [2.75, 3.05) is 20.3 Å². The van der Waals surface area contributed by atoms with Gasteiger partial charge in [-0.1, -0.05) is 0 Å². The van der Waals surface area contributed by atoms with E-state index in [-0.39, 0.29) is 12.5 Å². The summed E-state index contributed by atoms with van der Waals surface area (Å²) in [7, 11) is 1.73. The lowest BCUT2D eigenvalue weighted by Gasteiger charge is -2.30. The first-order valence-electron chi connectivity index (χ1n) is 5.34. The van der Waals surface area contributed by atoms with Crippen molar-refractivity contribution in [3.05, 3.63) is 0 Å². The number of alkyl halides is 3. The van der Waals surface area contributed by atoms with Crippen LogP contribution in [0.2, 0.25) is 0 Å². The molecule has 0 spiro atoms. The lowest BCUT2D eigenvalue weighted by atomic mass is 9.89. The van der Waals surface area contributed by atoms with Crippen LogP contribution < -0.4 is 5.32 Å². The van der Waals surface area contributed by atoms with Crippen molar-refractivity contribution in [3.8, 4) is 0 Å².